The van der Waals surface area contributed by atoms with Crippen LogP contribution in [0.15, 0.2) is 11.6 Å². The molecule has 0 amide bonds. The van der Waals surface area contributed by atoms with Gasteiger partial charge < -0.3 is 9.79 Å². The van der Waals surface area contributed by atoms with Gasteiger partial charge in [-0.2, -0.15) is 4.31 Å². The van der Waals surface area contributed by atoms with Crippen LogP contribution in [0.3, 0.4) is 0 Å². The van der Waals surface area contributed by atoms with Crippen LogP contribution in [-0.4, -0.2) is 21.7 Å². The minimum absolute atomic E-state index is 0.278. The zero-order valence-electron chi connectivity index (χ0n) is 8.06. The third kappa shape index (κ3) is 7.84. The molecule has 1 unspecified atom stereocenters. The largest absolute Gasteiger partial charge is 0.511 e. The van der Waals surface area contributed by atoms with Gasteiger partial charge in [0.15, 0.2) is 0 Å². The molecule has 0 bridgehead atoms. The molecule has 0 aliphatic carbocycles. The van der Waals surface area contributed by atoms with Gasteiger partial charge in [0.2, 0.25) is 0 Å². The molecule has 0 rings (SSSR count). The lowest BCUT2D eigenvalue weighted by Crippen LogP contribution is -1.97. The Bertz CT molecular complexity index is 313. The van der Waals surface area contributed by atoms with Crippen LogP contribution in [0.25, 0.3) is 0 Å². The summed E-state index contributed by atoms with van der Waals surface area (Å²) in [6.45, 7) is 3.16. The average molecular weight is 262 g/mol. The van der Waals surface area contributed by atoms with Crippen molar-refractivity contribution in [3.05, 3.63) is 11.6 Å². The van der Waals surface area contributed by atoms with Gasteiger partial charge in [-0.25, -0.2) is 14.4 Å². The van der Waals surface area contributed by atoms with Crippen LogP contribution in [0, 0.1) is 0 Å². The summed E-state index contributed by atoms with van der Waals surface area (Å²) in [5.41, 5.74) is 0.815. The van der Waals surface area contributed by atoms with E-state index in [1.54, 1.807) is 13.8 Å². The third-order valence-corrected chi connectivity index (χ3v) is 3.35. The van der Waals surface area contributed by atoms with E-state index in [9.17, 15) is 9.13 Å². The van der Waals surface area contributed by atoms with E-state index in [-0.39, 0.29) is 6.61 Å². The van der Waals surface area contributed by atoms with Gasteiger partial charge >= 0.3 is 15.6 Å². The molecule has 3 N–H and O–H groups in total. The maximum Gasteiger partial charge on any atom is 0.511 e. The standard InChI is InChI=1S/C5H12O8P2/c1-5(2)3-4-11-15(10,12-6)13-14(7,8)9/h3,6H,4H2,1-2H3,(H2,7,8,9). The van der Waals surface area contributed by atoms with Gasteiger partial charge in [-0.3, -0.25) is 4.52 Å². The van der Waals surface area contributed by atoms with Gasteiger partial charge in [-0.1, -0.05) is 11.6 Å². The van der Waals surface area contributed by atoms with E-state index in [4.69, 9.17) is 15.0 Å². The van der Waals surface area contributed by atoms with Crippen LogP contribution in [-0.2, 0) is 22.6 Å². The van der Waals surface area contributed by atoms with Gasteiger partial charge in [-0.05, 0) is 13.8 Å². The quantitative estimate of drug-likeness (QED) is 0.286. The summed E-state index contributed by atoms with van der Waals surface area (Å²) in [4.78, 5) is 16.6. The molecule has 0 radical (unpaired) electrons. The Morgan fingerprint density at radius 1 is 1.33 bits per heavy atom. The van der Waals surface area contributed by atoms with Crippen molar-refractivity contribution in [2.75, 3.05) is 6.61 Å². The van der Waals surface area contributed by atoms with Gasteiger partial charge in [0, 0.05) is 0 Å². The third-order valence-electron chi connectivity index (χ3n) is 1.03. The summed E-state index contributed by atoms with van der Waals surface area (Å²) in [6, 6.07) is 0. The summed E-state index contributed by atoms with van der Waals surface area (Å²) in [5.74, 6) is 0. The van der Waals surface area contributed by atoms with Crippen molar-refractivity contribution in [3.8, 4) is 0 Å². The van der Waals surface area contributed by atoms with Gasteiger partial charge in [0.1, 0.15) is 0 Å². The first kappa shape index (κ1) is 15.0. The molecule has 10 heteroatoms. The van der Waals surface area contributed by atoms with E-state index in [0.717, 1.165) is 5.57 Å². The highest BCUT2D eigenvalue weighted by Crippen LogP contribution is 2.60. The van der Waals surface area contributed by atoms with Crippen LogP contribution >= 0.6 is 15.6 Å². The highest BCUT2D eigenvalue weighted by atomic mass is 31.3. The van der Waals surface area contributed by atoms with Crippen molar-refractivity contribution in [1.82, 2.24) is 0 Å². The second kappa shape index (κ2) is 5.89. The van der Waals surface area contributed by atoms with Gasteiger partial charge in [-0.15, -0.1) is 4.67 Å². The molecule has 0 aliphatic rings. The van der Waals surface area contributed by atoms with Crippen molar-refractivity contribution < 1.29 is 37.7 Å². The lowest BCUT2D eigenvalue weighted by molar-refractivity contribution is -0.160. The number of rotatable bonds is 6. The Hall–Kier alpha value is -0.0400. The summed E-state index contributed by atoms with van der Waals surface area (Å²) < 4.78 is 32.8. The summed E-state index contributed by atoms with van der Waals surface area (Å²) in [7, 11) is -9.69. The second-order valence-corrected chi connectivity index (χ2v) is 5.63. The van der Waals surface area contributed by atoms with E-state index < -0.39 is 15.6 Å². The van der Waals surface area contributed by atoms with Crippen LogP contribution in [0.5, 0.6) is 0 Å². The topological polar surface area (TPSA) is 123 Å². The summed E-state index contributed by atoms with van der Waals surface area (Å²) in [6.07, 6.45) is 1.45. The Balaban J connectivity index is 4.40. The highest BCUT2D eigenvalue weighted by Gasteiger charge is 2.36. The monoisotopic (exact) mass is 262 g/mol. The van der Waals surface area contributed by atoms with E-state index in [0.29, 0.717) is 0 Å². The lowest BCUT2D eigenvalue weighted by atomic mass is 10.3. The van der Waals surface area contributed by atoms with E-state index in [2.05, 4.69) is 13.5 Å². The number of hydrogen-bond donors (Lipinski definition) is 3. The highest BCUT2D eigenvalue weighted by molar-refractivity contribution is 7.61. The Morgan fingerprint density at radius 3 is 2.20 bits per heavy atom. The normalized spacial score (nSPS) is 15.8. The van der Waals surface area contributed by atoms with Crippen molar-refractivity contribution in [1.29, 1.82) is 0 Å². The molecule has 0 spiro atoms. The predicted octanol–water partition coefficient (Wildman–Crippen LogP) is 1.68. The molecule has 8 nitrogen and oxygen atoms in total. The zero-order chi connectivity index (χ0) is 12.1. The smallest absolute Gasteiger partial charge is 0.302 e. The van der Waals surface area contributed by atoms with Crippen molar-refractivity contribution in [3.63, 3.8) is 0 Å². The van der Waals surface area contributed by atoms with Crippen LogP contribution in [0.4, 0.5) is 0 Å². The molecule has 0 aliphatic heterocycles. The fourth-order valence-electron chi connectivity index (χ4n) is 0.488. The molecule has 1 atom stereocenters. The summed E-state index contributed by atoms with van der Waals surface area (Å²) >= 11 is 0. The number of allylic oxidation sites excluding steroid dienone is 1. The molecule has 15 heavy (non-hydrogen) atoms. The first-order valence-electron chi connectivity index (χ1n) is 3.66. The Labute approximate surface area is 86.3 Å². The van der Waals surface area contributed by atoms with Gasteiger partial charge in [0.25, 0.3) is 0 Å². The van der Waals surface area contributed by atoms with Crippen LogP contribution in [0.2, 0.25) is 0 Å². The lowest BCUT2D eigenvalue weighted by Gasteiger charge is -2.13. The minimum Gasteiger partial charge on any atom is -0.302 e. The average Bonchev–Trinajstić information content (AvgIpc) is 2.00. The molecular weight excluding hydrogens is 250 g/mol. The molecule has 0 aromatic carbocycles. The van der Waals surface area contributed by atoms with Crippen molar-refractivity contribution >= 4 is 15.6 Å². The molecule has 0 aromatic rings. The predicted molar refractivity (Wildman–Crippen MR) is 49.8 cm³/mol. The van der Waals surface area contributed by atoms with Crippen molar-refractivity contribution in [2.45, 2.75) is 13.8 Å². The van der Waals surface area contributed by atoms with E-state index in [1.807, 2.05) is 0 Å². The first-order valence-corrected chi connectivity index (χ1v) is 6.65. The Morgan fingerprint density at radius 2 is 1.87 bits per heavy atom. The molecule has 0 saturated carbocycles. The molecular formula is C5H12O8P2. The van der Waals surface area contributed by atoms with Crippen LogP contribution < -0.4 is 0 Å². The molecule has 0 aromatic heterocycles. The molecule has 0 saturated heterocycles. The van der Waals surface area contributed by atoms with E-state index in [1.165, 1.54) is 6.08 Å². The second-order valence-electron chi connectivity index (χ2n) is 2.68. The SMILES string of the molecule is CC(C)=CCOP(=O)(OO)OP(=O)(O)O. The first-order chi connectivity index (χ1) is 6.68. The molecule has 0 heterocycles. The summed E-state index contributed by atoms with van der Waals surface area (Å²) in [5, 5.41) is 8.14. The van der Waals surface area contributed by atoms with Crippen molar-refractivity contribution in [2.24, 2.45) is 0 Å². The Kier molecular flexibility index (Phi) is 5.87. The zero-order valence-corrected chi connectivity index (χ0v) is 9.85. The van der Waals surface area contributed by atoms with Gasteiger partial charge in [0.05, 0.1) is 6.61 Å². The fraction of sp³-hybridized carbons (Fsp3) is 0.600. The fourth-order valence-corrected chi connectivity index (χ4v) is 2.14. The van der Waals surface area contributed by atoms with Crippen LogP contribution in [0.1, 0.15) is 13.8 Å². The molecule has 0 fully saturated rings. The molecule has 90 valence electrons. The maximum absolute atomic E-state index is 11.1. The maximum atomic E-state index is 11.1. The minimum atomic E-state index is -5.06. The van der Waals surface area contributed by atoms with E-state index >= 15 is 0 Å². The number of hydrogen-bond acceptors (Lipinski definition) is 6. The number of phosphoric acid groups is 2.